The molecule has 0 bridgehead atoms. The summed E-state index contributed by atoms with van der Waals surface area (Å²) in [6.07, 6.45) is 7.60. The van der Waals surface area contributed by atoms with Gasteiger partial charge in [-0.1, -0.05) is 47.5 Å². The summed E-state index contributed by atoms with van der Waals surface area (Å²) >= 11 is 12.4. The minimum atomic E-state index is -0.124. The molecule has 1 aromatic heterocycles. The highest BCUT2D eigenvalue weighted by molar-refractivity contribution is 6.31. The number of rotatable bonds is 5. The summed E-state index contributed by atoms with van der Waals surface area (Å²) in [6, 6.07) is 16.5. The van der Waals surface area contributed by atoms with Crippen LogP contribution in [0.5, 0.6) is 0 Å². The first-order chi connectivity index (χ1) is 17.0. The van der Waals surface area contributed by atoms with Gasteiger partial charge in [0.25, 0.3) is 5.91 Å². The molecule has 0 atom stereocenters. The van der Waals surface area contributed by atoms with Crippen LogP contribution in [0.4, 0.5) is 11.4 Å². The molecular weight excluding hydrogens is 483 g/mol. The summed E-state index contributed by atoms with van der Waals surface area (Å²) in [5.41, 5.74) is 5.95. The zero-order chi connectivity index (χ0) is 24.4. The maximum atomic E-state index is 13.4. The van der Waals surface area contributed by atoms with E-state index in [9.17, 15) is 10.0 Å². The maximum Gasteiger partial charge on any atom is 0.258 e. The Labute approximate surface area is 214 Å². The number of hydrogen-bond donors (Lipinski definition) is 1. The molecule has 1 radical (unpaired) electrons. The van der Waals surface area contributed by atoms with Crippen molar-refractivity contribution in [1.29, 1.82) is 0 Å². The highest BCUT2D eigenvalue weighted by Crippen LogP contribution is 2.48. The quantitative estimate of drug-likeness (QED) is 0.405. The van der Waals surface area contributed by atoms with Crippen LogP contribution in [0.1, 0.15) is 34.3 Å². The van der Waals surface area contributed by atoms with Crippen molar-refractivity contribution in [2.45, 2.75) is 18.3 Å². The van der Waals surface area contributed by atoms with Gasteiger partial charge >= 0.3 is 0 Å². The second kappa shape index (κ2) is 10.1. The van der Waals surface area contributed by atoms with Crippen LogP contribution in [-0.4, -0.2) is 42.0 Å². The molecule has 1 N–H and O–H groups in total. The van der Waals surface area contributed by atoms with Crippen molar-refractivity contribution >= 4 is 46.6 Å². The lowest BCUT2D eigenvalue weighted by Gasteiger charge is -2.39. The van der Waals surface area contributed by atoms with Crippen LogP contribution in [0.2, 0.25) is 10.2 Å². The van der Waals surface area contributed by atoms with Crippen LogP contribution in [0.3, 0.4) is 0 Å². The molecule has 179 valence electrons. The molecule has 1 spiro atoms. The Morgan fingerprint density at radius 2 is 1.94 bits per heavy atom. The van der Waals surface area contributed by atoms with E-state index >= 15 is 0 Å². The molecule has 2 aliphatic heterocycles. The molecule has 1 amide bonds. The number of nitrogens with one attached hydrogen (secondary N) is 1. The lowest BCUT2D eigenvalue weighted by molar-refractivity contribution is -0.497. The molecule has 3 heterocycles. The number of piperidine rings is 1. The molecule has 1 saturated heterocycles. The van der Waals surface area contributed by atoms with Crippen LogP contribution in [0.15, 0.2) is 66.9 Å². The molecule has 2 aliphatic rings. The summed E-state index contributed by atoms with van der Waals surface area (Å²) < 4.78 is 0. The average Bonchev–Trinajstić information content (AvgIpc) is 3.18. The average molecular weight is 508 g/mol. The molecule has 35 heavy (non-hydrogen) atoms. The topological polar surface area (TPSA) is 75.1 Å². The van der Waals surface area contributed by atoms with E-state index in [2.05, 4.69) is 16.0 Å². The van der Waals surface area contributed by atoms with Crippen molar-refractivity contribution in [2.24, 2.45) is 0 Å². The zero-order valence-electron chi connectivity index (χ0n) is 19.1. The van der Waals surface area contributed by atoms with Crippen LogP contribution in [0.25, 0.3) is 6.08 Å². The summed E-state index contributed by atoms with van der Waals surface area (Å²) in [6.45, 7) is 3.29. The van der Waals surface area contributed by atoms with Gasteiger partial charge in [-0.2, -0.15) is 5.48 Å². The number of pyridine rings is 1. The standard InChI is InChI=1S/C27H25Cl2N4O2/c28-21-6-7-24-23(17-21)27(18-33(24)26(34)20-8-11-30-25(29)16-20)9-13-32(14-10-27)12-2-4-19-3-1-5-22(15-19)31-35/h1-8,11,15-17,31H,9-10,12-14,18H2/b4-2+. The van der Waals surface area contributed by atoms with Crippen molar-refractivity contribution in [2.75, 3.05) is 31.1 Å². The Balaban J connectivity index is 1.30. The fraction of sp³-hybridized carbons (Fsp3) is 0.259. The van der Waals surface area contributed by atoms with E-state index in [1.165, 1.54) is 0 Å². The minimum Gasteiger partial charge on any atom is -0.578 e. The third-order valence-electron chi connectivity index (χ3n) is 6.99. The Hall–Kier alpha value is -2.74. The summed E-state index contributed by atoms with van der Waals surface area (Å²) in [5, 5.41) is 11.9. The highest BCUT2D eigenvalue weighted by atomic mass is 35.5. The number of carbonyl (C=O) groups is 1. The highest BCUT2D eigenvalue weighted by Gasteiger charge is 2.46. The molecule has 0 aliphatic carbocycles. The molecule has 6 nitrogen and oxygen atoms in total. The fourth-order valence-electron chi connectivity index (χ4n) is 5.15. The van der Waals surface area contributed by atoms with Gasteiger partial charge in [0, 0.05) is 53.1 Å². The van der Waals surface area contributed by atoms with Crippen LogP contribution < -0.4 is 10.4 Å². The number of amides is 1. The van der Waals surface area contributed by atoms with Gasteiger partial charge in [-0.3, -0.25) is 9.69 Å². The third kappa shape index (κ3) is 4.99. The van der Waals surface area contributed by atoms with E-state index in [0.29, 0.717) is 28.0 Å². The lowest BCUT2D eigenvalue weighted by atomic mass is 9.74. The number of hydrogen-bond acceptors (Lipinski definition) is 5. The number of benzene rings is 2. The van der Waals surface area contributed by atoms with Crippen LogP contribution in [0, 0.1) is 5.21 Å². The molecule has 8 heteroatoms. The summed E-state index contributed by atoms with van der Waals surface area (Å²) in [5.74, 6) is -0.0742. The van der Waals surface area contributed by atoms with Crippen LogP contribution >= 0.6 is 23.2 Å². The molecule has 1 fully saturated rings. The molecule has 0 saturated carbocycles. The van der Waals surface area contributed by atoms with Crippen LogP contribution in [-0.2, 0) is 5.41 Å². The third-order valence-corrected chi connectivity index (χ3v) is 7.43. The molecular formula is C27H25Cl2N4O2. The van der Waals surface area contributed by atoms with Crippen molar-refractivity contribution in [3.05, 3.63) is 98.9 Å². The monoisotopic (exact) mass is 507 g/mol. The van der Waals surface area contributed by atoms with E-state index in [4.69, 9.17) is 23.2 Å². The Morgan fingerprint density at radius 1 is 1.11 bits per heavy atom. The molecule has 2 aromatic carbocycles. The van der Waals surface area contributed by atoms with Crippen molar-refractivity contribution in [3.63, 3.8) is 0 Å². The number of carbonyl (C=O) groups excluding carboxylic acids is 1. The van der Waals surface area contributed by atoms with Gasteiger partial charge in [-0.25, -0.2) is 4.98 Å². The lowest BCUT2D eigenvalue weighted by Crippen LogP contribution is -2.70. The second-order valence-corrected chi connectivity index (χ2v) is 9.95. The number of fused-ring (bicyclic) bond motifs is 2. The van der Waals surface area contributed by atoms with Gasteiger partial charge in [0.05, 0.1) is 0 Å². The first-order valence-electron chi connectivity index (χ1n) is 11.6. The number of halogens is 2. The second-order valence-electron chi connectivity index (χ2n) is 9.13. The van der Waals surface area contributed by atoms with Gasteiger partial charge in [-0.15, -0.1) is 0 Å². The normalized spacial score (nSPS) is 17.3. The maximum absolute atomic E-state index is 13.4. The Morgan fingerprint density at radius 3 is 2.71 bits per heavy atom. The van der Waals surface area contributed by atoms with Gasteiger partial charge < -0.3 is 10.1 Å². The largest absolute Gasteiger partial charge is 0.578 e. The zero-order valence-corrected chi connectivity index (χ0v) is 20.6. The first kappa shape index (κ1) is 24.0. The first-order valence-corrected chi connectivity index (χ1v) is 12.3. The Kier molecular flexibility index (Phi) is 6.91. The van der Waals surface area contributed by atoms with Crippen molar-refractivity contribution in [3.8, 4) is 0 Å². The Bertz CT molecular complexity index is 1270. The number of nitrogens with zero attached hydrogens (tertiary/aromatic N) is 3. The molecule has 0 unspecified atom stereocenters. The molecule has 5 rings (SSSR count). The van der Waals surface area contributed by atoms with Gasteiger partial charge in [0.15, 0.2) is 5.69 Å². The number of anilines is 2. The van der Waals surface area contributed by atoms with Gasteiger partial charge in [-0.05, 0) is 67.4 Å². The number of likely N-dealkylation sites (tertiary alicyclic amines) is 1. The molecule has 3 aromatic rings. The van der Waals surface area contributed by atoms with E-state index in [1.807, 2.05) is 52.9 Å². The van der Waals surface area contributed by atoms with E-state index in [-0.39, 0.29) is 11.3 Å². The predicted octanol–water partition coefficient (Wildman–Crippen LogP) is 4.57. The smallest absolute Gasteiger partial charge is 0.258 e. The van der Waals surface area contributed by atoms with Crippen molar-refractivity contribution < 1.29 is 10.3 Å². The van der Waals surface area contributed by atoms with E-state index in [1.54, 1.807) is 24.4 Å². The summed E-state index contributed by atoms with van der Waals surface area (Å²) in [7, 11) is 0. The minimum absolute atomic E-state index is 0.0742. The predicted molar refractivity (Wildman–Crippen MR) is 139 cm³/mol. The van der Waals surface area contributed by atoms with Gasteiger partial charge in [0.1, 0.15) is 5.15 Å². The fourth-order valence-corrected chi connectivity index (χ4v) is 5.49. The van der Waals surface area contributed by atoms with E-state index in [0.717, 1.165) is 49.3 Å². The van der Waals surface area contributed by atoms with Gasteiger partial charge in [0.2, 0.25) is 0 Å². The number of aromatic nitrogens is 1. The summed E-state index contributed by atoms with van der Waals surface area (Å²) in [4.78, 5) is 21.7. The van der Waals surface area contributed by atoms with Crippen molar-refractivity contribution in [1.82, 2.24) is 9.88 Å². The van der Waals surface area contributed by atoms with E-state index < -0.39 is 0 Å². The SMILES string of the molecule is O=C(c1ccnc(Cl)c1)N1CC2(CCN(C/C=C/c3cccc([NH+][O-])c3)CC2)c2cc(Cl)ccc21.